The summed E-state index contributed by atoms with van der Waals surface area (Å²) >= 11 is 0. The van der Waals surface area contributed by atoms with E-state index in [9.17, 15) is 5.11 Å². The Kier molecular flexibility index (Phi) is 4.56. The second-order valence-corrected chi connectivity index (χ2v) is 6.93. The Morgan fingerprint density at radius 3 is 3.04 bits per heavy atom. The molecule has 4 rings (SSSR count). The normalized spacial score (nSPS) is 20.5. The summed E-state index contributed by atoms with van der Waals surface area (Å²) in [4.78, 5) is 6.92. The molecule has 1 aliphatic heterocycles. The number of nitrogens with one attached hydrogen (secondary N) is 3. The molecular weight excluding hydrogens is 344 g/mol. The summed E-state index contributed by atoms with van der Waals surface area (Å²) in [5, 5.41) is 27.9. The lowest BCUT2D eigenvalue weighted by molar-refractivity contribution is 0.0985. The molecule has 1 saturated heterocycles. The highest BCUT2D eigenvalue weighted by Gasteiger charge is 2.38. The van der Waals surface area contributed by atoms with Gasteiger partial charge in [-0.3, -0.25) is 5.10 Å². The Morgan fingerprint density at radius 2 is 2.37 bits per heavy atom. The number of aromatic amines is 1. The quantitative estimate of drug-likeness (QED) is 0.484. The number of ether oxygens (including phenoxy) is 1. The van der Waals surface area contributed by atoms with Gasteiger partial charge in [-0.25, -0.2) is 4.98 Å². The molecule has 0 aromatic carbocycles. The summed E-state index contributed by atoms with van der Waals surface area (Å²) in [5.41, 5.74) is 0.355. The van der Waals surface area contributed by atoms with Crippen LogP contribution in [-0.2, 0) is 4.74 Å². The molecule has 2 aromatic heterocycles. The number of nitrogens with zero attached hydrogens (tertiary/aromatic N) is 3. The van der Waals surface area contributed by atoms with Gasteiger partial charge in [0.05, 0.1) is 31.0 Å². The van der Waals surface area contributed by atoms with Gasteiger partial charge in [-0.1, -0.05) is 11.8 Å². The molecule has 1 atom stereocenters. The minimum Gasteiger partial charge on any atom is -0.378 e. The Bertz CT molecular complexity index is 895. The van der Waals surface area contributed by atoms with Crippen LogP contribution in [0.3, 0.4) is 0 Å². The van der Waals surface area contributed by atoms with Crippen molar-refractivity contribution < 1.29 is 9.84 Å². The van der Waals surface area contributed by atoms with E-state index < -0.39 is 5.60 Å². The second-order valence-electron chi connectivity index (χ2n) is 6.93. The van der Waals surface area contributed by atoms with E-state index in [1.807, 2.05) is 6.07 Å². The molecule has 0 spiro atoms. The van der Waals surface area contributed by atoms with E-state index in [1.165, 1.54) is 6.21 Å². The lowest BCUT2D eigenvalue weighted by Gasteiger charge is -2.34. The van der Waals surface area contributed by atoms with Gasteiger partial charge in [-0.2, -0.15) is 5.10 Å². The first-order chi connectivity index (χ1) is 13.1. The molecule has 8 nitrogen and oxygen atoms in total. The molecule has 27 heavy (non-hydrogen) atoms. The lowest BCUT2D eigenvalue weighted by atomic mass is 10.1. The molecule has 0 radical (unpaired) electrons. The highest BCUT2D eigenvalue weighted by molar-refractivity contribution is 5.90. The summed E-state index contributed by atoms with van der Waals surface area (Å²) in [5.74, 6) is 7.97. The van der Waals surface area contributed by atoms with Gasteiger partial charge in [0.1, 0.15) is 23.1 Å². The van der Waals surface area contributed by atoms with Crippen LogP contribution in [0.5, 0.6) is 0 Å². The molecular formula is C19H22N6O2. The van der Waals surface area contributed by atoms with Crippen LogP contribution in [0.4, 0.5) is 17.5 Å². The zero-order chi connectivity index (χ0) is 18.9. The summed E-state index contributed by atoms with van der Waals surface area (Å²) in [6, 6.07) is 3.86. The molecule has 8 heteroatoms. The molecule has 0 bridgehead atoms. The third kappa shape index (κ3) is 3.79. The Labute approximate surface area is 157 Å². The number of aliphatic hydroxyl groups is 1. The van der Waals surface area contributed by atoms with Gasteiger partial charge in [0.25, 0.3) is 0 Å². The highest BCUT2D eigenvalue weighted by Crippen LogP contribution is 2.34. The maximum Gasteiger partial charge on any atom is 0.144 e. The molecule has 1 saturated carbocycles. The van der Waals surface area contributed by atoms with Crippen molar-refractivity contribution in [3.05, 3.63) is 29.5 Å². The van der Waals surface area contributed by atoms with E-state index in [1.54, 1.807) is 12.3 Å². The van der Waals surface area contributed by atoms with Crippen molar-refractivity contribution in [3.63, 3.8) is 0 Å². The lowest BCUT2D eigenvalue weighted by Crippen LogP contribution is -2.44. The van der Waals surface area contributed by atoms with Crippen molar-refractivity contribution in [3.8, 4) is 11.8 Å². The SMILES string of the molecule is C[C@@H]1COCCN1c1cc(C#CC2(O)CC2)c(C=N)c(Nc2ccn[nH]2)n1. The monoisotopic (exact) mass is 366 g/mol. The first-order valence-electron chi connectivity index (χ1n) is 9.00. The first kappa shape index (κ1) is 17.5. The first-order valence-corrected chi connectivity index (χ1v) is 9.00. The third-order valence-electron chi connectivity index (χ3n) is 4.76. The van der Waals surface area contributed by atoms with Gasteiger partial charge in [-0.05, 0) is 25.8 Å². The van der Waals surface area contributed by atoms with Crippen molar-refractivity contribution in [1.82, 2.24) is 15.2 Å². The molecule has 4 N–H and O–H groups in total. The Morgan fingerprint density at radius 1 is 1.52 bits per heavy atom. The number of hydrogen-bond donors (Lipinski definition) is 4. The van der Waals surface area contributed by atoms with E-state index in [0.717, 1.165) is 12.4 Å². The summed E-state index contributed by atoms with van der Waals surface area (Å²) in [6.45, 7) is 4.10. The fraction of sp³-hybridized carbons (Fsp3) is 0.421. The van der Waals surface area contributed by atoms with Crippen molar-refractivity contribution in [2.75, 3.05) is 30.0 Å². The summed E-state index contributed by atoms with van der Waals surface area (Å²) in [7, 11) is 0. The van der Waals surface area contributed by atoms with Gasteiger partial charge in [0, 0.05) is 24.4 Å². The van der Waals surface area contributed by atoms with Gasteiger partial charge in [-0.15, -0.1) is 0 Å². The van der Waals surface area contributed by atoms with Crippen molar-refractivity contribution >= 4 is 23.7 Å². The molecule has 2 fully saturated rings. The average Bonchev–Trinajstić information content (AvgIpc) is 3.18. The van der Waals surface area contributed by atoms with Gasteiger partial charge < -0.3 is 25.5 Å². The zero-order valence-corrected chi connectivity index (χ0v) is 15.1. The van der Waals surface area contributed by atoms with E-state index in [0.29, 0.717) is 48.8 Å². The number of pyridine rings is 1. The van der Waals surface area contributed by atoms with E-state index >= 15 is 0 Å². The van der Waals surface area contributed by atoms with E-state index in [-0.39, 0.29) is 6.04 Å². The molecule has 3 heterocycles. The summed E-state index contributed by atoms with van der Waals surface area (Å²) < 4.78 is 5.53. The highest BCUT2D eigenvalue weighted by atomic mass is 16.5. The van der Waals surface area contributed by atoms with Crippen molar-refractivity contribution in [2.45, 2.75) is 31.4 Å². The standard InChI is InChI=1S/C19H22N6O2/c1-13-12-27-9-8-25(13)17-10-14(2-4-19(26)5-6-19)15(11-20)18(23-17)22-16-3-7-21-24-16/h3,7,10-11,13,20,26H,5-6,8-9,12H2,1H3,(H2,21,22,23,24)/t13-/m1/s1. The smallest absolute Gasteiger partial charge is 0.144 e. The largest absolute Gasteiger partial charge is 0.378 e. The maximum atomic E-state index is 10.1. The van der Waals surface area contributed by atoms with Crippen LogP contribution < -0.4 is 10.2 Å². The molecule has 2 aromatic rings. The second kappa shape index (κ2) is 7.02. The molecule has 140 valence electrons. The minimum atomic E-state index is -0.883. The number of rotatable bonds is 4. The van der Waals surface area contributed by atoms with Crippen LogP contribution in [0, 0.1) is 17.3 Å². The number of hydrogen-bond acceptors (Lipinski definition) is 7. The fourth-order valence-corrected chi connectivity index (χ4v) is 2.98. The number of aromatic nitrogens is 3. The predicted octanol–water partition coefficient (Wildman–Crippen LogP) is 1.65. The number of morpholine rings is 1. The van der Waals surface area contributed by atoms with E-state index in [2.05, 4.69) is 39.2 Å². The Balaban J connectivity index is 1.78. The zero-order valence-electron chi connectivity index (χ0n) is 15.1. The van der Waals surface area contributed by atoms with Gasteiger partial charge in [0.2, 0.25) is 0 Å². The molecule has 2 aliphatic rings. The summed E-state index contributed by atoms with van der Waals surface area (Å²) in [6.07, 6.45) is 4.26. The van der Waals surface area contributed by atoms with Crippen LogP contribution in [0.15, 0.2) is 18.3 Å². The molecule has 0 amide bonds. The van der Waals surface area contributed by atoms with Crippen LogP contribution in [0.1, 0.15) is 30.9 Å². The third-order valence-corrected chi connectivity index (χ3v) is 4.76. The maximum absolute atomic E-state index is 10.1. The Hall–Kier alpha value is -2.89. The minimum absolute atomic E-state index is 0.186. The van der Waals surface area contributed by atoms with Crippen LogP contribution in [-0.4, -0.2) is 57.9 Å². The molecule has 1 aliphatic carbocycles. The van der Waals surface area contributed by atoms with Crippen LogP contribution >= 0.6 is 0 Å². The van der Waals surface area contributed by atoms with Gasteiger partial charge >= 0.3 is 0 Å². The van der Waals surface area contributed by atoms with Crippen molar-refractivity contribution in [1.29, 1.82) is 5.41 Å². The van der Waals surface area contributed by atoms with Crippen molar-refractivity contribution in [2.24, 2.45) is 0 Å². The van der Waals surface area contributed by atoms with E-state index in [4.69, 9.17) is 15.1 Å². The molecule has 0 unspecified atom stereocenters. The van der Waals surface area contributed by atoms with Crippen LogP contribution in [0.2, 0.25) is 0 Å². The van der Waals surface area contributed by atoms with Crippen LogP contribution in [0.25, 0.3) is 0 Å². The topological polar surface area (TPSA) is 110 Å². The predicted molar refractivity (Wildman–Crippen MR) is 103 cm³/mol. The number of H-pyrrole nitrogens is 1. The number of anilines is 3. The van der Waals surface area contributed by atoms with Gasteiger partial charge in [0.15, 0.2) is 0 Å². The fourth-order valence-electron chi connectivity index (χ4n) is 2.98. The average molecular weight is 366 g/mol.